The molecule has 0 aromatic carbocycles. The van der Waals surface area contributed by atoms with Crippen LogP contribution in [0.5, 0.6) is 0 Å². The molecule has 1 N–H and O–H groups in total. The van der Waals surface area contributed by atoms with E-state index in [-0.39, 0.29) is 22.9 Å². The number of hydrogen-bond acceptors (Lipinski definition) is 4. The van der Waals surface area contributed by atoms with Crippen LogP contribution in [-0.2, 0) is 12.8 Å². The van der Waals surface area contributed by atoms with E-state index in [1.807, 2.05) is 0 Å². The van der Waals surface area contributed by atoms with Crippen molar-refractivity contribution >= 4 is 11.8 Å². The van der Waals surface area contributed by atoms with E-state index in [4.69, 9.17) is 0 Å². The standard InChI is InChI=1S/C20H22N4O3/c25-18-15(13-14-5-1-2-6-16(14)22-18)19(26)23-9-11-24(12-10-23)20(27)17-7-3-4-8-21-17/h3-4,7-8,13H,1-2,5-6,9-12H2,(H,22,25). The first kappa shape index (κ1) is 17.5. The molecule has 2 aromatic rings. The van der Waals surface area contributed by atoms with Crippen LogP contribution in [0.4, 0.5) is 0 Å². The molecule has 1 fully saturated rings. The van der Waals surface area contributed by atoms with Gasteiger partial charge in [-0.15, -0.1) is 0 Å². The molecule has 2 amide bonds. The van der Waals surface area contributed by atoms with Crippen molar-refractivity contribution in [3.63, 3.8) is 0 Å². The van der Waals surface area contributed by atoms with Crippen LogP contribution in [0.2, 0.25) is 0 Å². The second-order valence-electron chi connectivity index (χ2n) is 7.02. The van der Waals surface area contributed by atoms with Crippen LogP contribution < -0.4 is 5.56 Å². The maximum Gasteiger partial charge on any atom is 0.272 e. The zero-order valence-corrected chi connectivity index (χ0v) is 15.1. The summed E-state index contributed by atoms with van der Waals surface area (Å²) in [6.45, 7) is 1.69. The third-order valence-corrected chi connectivity index (χ3v) is 5.31. The number of aromatic amines is 1. The first-order valence-corrected chi connectivity index (χ1v) is 9.38. The summed E-state index contributed by atoms with van der Waals surface area (Å²) in [5.41, 5.74) is 2.35. The van der Waals surface area contributed by atoms with E-state index in [0.717, 1.165) is 36.9 Å². The first-order chi connectivity index (χ1) is 13.1. The Morgan fingerprint density at radius 2 is 1.67 bits per heavy atom. The number of hydrogen-bond donors (Lipinski definition) is 1. The topological polar surface area (TPSA) is 86.4 Å². The highest BCUT2D eigenvalue weighted by Gasteiger charge is 2.27. The molecule has 140 valence electrons. The molecular weight excluding hydrogens is 344 g/mol. The van der Waals surface area contributed by atoms with Crippen molar-refractivity contribution in [2.75, 3.05) is 26.2 Å². The van der Waals surface area contributed by atoms with Crippen molar-refractivity contribution in [2.24, 2.45) is 0 Å². The summed E-state index contributed by atoms with van der Waals surface area (Å²) in [7, 11) is 0. The van der Waals surface area contributed by atoms with Crippen molar-refractivity contribution in [1.82, 2.24) is 19.8 Å². The van der Waals surface area contributed by atoms with Gasteiger partial charge in [0.25, 0.3) is 17.4 Å². The van der Waals surface area contributed by atoms with Crippen LogP contribution >= 0.6 is 0 Å². The van der Waals surface area contributed by atoms with Gasteiger partial charge in [-0.1, -0.05) is 6.07 Å². The lowest BCUT2D eigenvalue weighted by Crippen LogP contribution is -2.51. The quantitative estimate of drug-likeness (QED) is 0.867. The Hall–Kier alpha value is -2.96. The van der Waals surface area contributed by atoms with Crippen molar-refractivity contribution in [2.45, 2.75) is 25.7 Å². The molecule has 0 atom stereocenters. The summed E-state index contributed by atoms with van der Waals surface area (Å²) >= 11 is 0. The van der Waals surface area contributed by atoms with Gasteiger partial charge in [0.15, 0.2) is 0 Å². The van der Waals surface area contributed by atoms with E-state index in [0.29, 0.717) is 31.9 Å². The first-order valence-electron chi connectivity index (χ1n) is 9.38. The molecule has 0 spiro atoms. The van der Waals surface area contributed by atoms with Crippen molar-refractivity contribution in [1.29, 1.82) is 0 Å². The monoisotopic (exact) mass is 366 g/mol. The fourth-order valence-electron chi connectivity index (χ4n) is 3.77. The molecule has 3 heterocycles. The fraction of sp³-hybridized carbons (Fsp3) is 0.400. The summed E-state index contributed by atoms with van der Waals surface area (Å²) in [5.74, 6) is -0.385. The molecule has 7 heteroatoms. The number of pyridine rings is 2. The van der Waals surface area contributed by atoms with Crippen LogP contribution in [-0.4, -0.2) is 57.8 Å². The zero-order chi connectivity index (χ0) is 18.8. The van der Waals surface area contributed by atoms with Gasteiger partial charge in [-0.25, -0.2) is 0 Å². The Balaban J connectivity index is 1.45. The molecule has 4 rings (SSSR count). The highest BCUT2D eigenvalue weighted by molar-refractivity contribution is 5.95. The minimum atomic E-state index is -0.312. The van der Waals surface area contributed by atoms with Gasteiger partial charge in [0.2, 0.25) is 0 Å². The fourth-order valence-corrected chi connectivity index (χ4v) is 3.77. The predicted octanol–water partition coefficient (Wildman–Crippen LogP) is 1.25. The summed E-state index contributed by atoms with van der Waals surface area (Å²) < 4.78 is 0. The van der Waals surface area contributed by atoms with Crippen LogP contribution in [0, 0.1) is 0 Å². The van der Waals surface area contributed by atoms with E-state index in [2.05, 4.69) is 9.97 Å². The SMILES string of the molecule is O=C(c1ccccn1)N1CCN(C(=O)c2cc3c([nH]c2=O)CCCC3)CC1. The Morgan fingerprint density at radius 1 is 0.963 bits per heavy atom. The van der Waals surface area contributed by atoms with Crippen LogP contribution in [0.3, 0.4) is 0 Å². The molecule has 0 radical (unpaired) electrons. The van der Waals surface area contributed by atoms with E-state index >= 15 is 0 Å². The maximum absolute atomic E-state index is 12.8. The average Bonchev–Trinajstić information content (AvgIpc) is 2.73. The second kappa shape index (κ2) is 7.34. The van der Waals surface area contributed by atoms with Gasteiger partial charge >= 0.3 is 0 Å². The highest BCUT2D eigenvalue weighted by Crippen LogP contribution is 2.19. The predicted molar refractivity (Wildman–Crippen MR) is 99.7 cm³/mol. The van der Waals surface area contributed by atoms with Crippen molar-refractivity contribution < 1.29 is 9.59 Å². The van der Waals surface area contributed by atoms with E-state index in [1.165, 1.54) is 0 Å². The van der Waals surface area contributed by atoms with Gasteiger partial charge < -0.3 is 14.8 Å². The average molecular weight is 366 g/mol. The number of rotatable bonds is 2. The number of carbonyl (C=O) groups is 2. The third kappa shape index (κ3) is 3.49. The maximum atomic E-state index is 12.8. The minimum Gasteiger partial charge on any atom is -0.335 e. The summed E-state index contributed by atoms with van der Waals surface area (Å²) in [4.78, 5) is 48.0. The number of piperazine rings is 1. The van der Waals surface area contributed by atoms with Gasteiger partial charge in [0, 0.05) is 38.1 Å². The molecule has 0 saturated carbocycles. The molecule has 7 nitrogen and oxygen atoms in total. The molecule has 1 saturated heterocycles. The number of H-pyrrole nitrogens is 1. The van der Waals surface area contributed by atoms with E-state index in [9.17, 15) is 14.4 Å². The number of fused-ring (bicyclic) bond motifs is 1. The summed E-state index contributed by atoms with van der Waals surface area (Å²) in [6.07, 6.45) is 5.52. The summed E-state index contributed by atoms with van der Waals surface area (Å²) in [5, 5.41) is 0. The molecule has 1 aliphatic carbocycles. The smallest absolute Gasteiger partial charge is 0.272 e. The lowest BCUT2D eigenvalue weighted by atomic mass is 9.95. The third-order valence-electron chi connectivity index (χ3n) is 5.31. The Kier molecular flexibility index (Phi) is 4.75. The van der Waals surface area contributed by atoms with Gasteiger partial charge in [-0.2, -0.15) is 0 Å². The number of amides is 2. The summed E-state index contributed by atoms with van der Waals surface area (Å²) in [6, 6.07) is 7.00. The van der Waals surface area contributed by atoms with Gasteiger partial charge in [0.1, 0.15) is 11.3 Å². The number of aromatic nitrogens is 2. The second-order valence-corrected chi connectivity index (χ2v) is 7.02. The van der Waals surface area contributed by atoms with Crippen molar-refractivity contribution in [3.05, 3.63) is 63.3 Å². The van der Waals surface area contributed by atoms with Crippen LogP contribution in [0.25, 0.3) is 0 Å². The van der Waals surface area contributed by atoms with E-state index < -0.39 is 0 Å². The van der Waals surface area contributed by atoms with Crippen LogP contribution in [0.15, 0.2) is 35.3 Å². The molecule has 27 heavy (non-hydrogen) atoms. The normalized spacial score (nSPS) is 16.7. The molecule has 0 bridgehead atoms. The van der Waals surface area contributed by atoms with Crippen LogP contribution in [0.1, 0.15) is 44.9 Å². The largest absolute Gasteiger partial charge is 0.335 e. The number of nitrogens with zero attached hydrogens (tertiary/aromatic N) is 3. The molecule has 0 unspecified atom stereocenters. The Morgan fingerprint density at radius 3 is 2.37 bits per heavy atom. The number of carbonyl (C=O) groups excluding carboxylic acids is 2. The minimum absolute atomic E-state index is 0.130. The number of nitrogens with one attached hydrogen (secondary N) is 1. The van der Waals surface area contributed by atoms with E-state index in [1.54, 1.807) is 40.3 Å². The molecule has 2 aromatic heterocycles. The molecular formula is C20H22N4O3. The van der Waals surface area contributed by atoms with Gasteiger partial charge in [0.05, 0.1) is 0 Å². The lowest BCUT2D eigenvalue weighted by Gasteiger charge is -2.34. The van der Waals surface area contributed by atoms with Gasteiger partial charge in [-0.3, -0.25) is 19.4 Å². The lowest BCUT2D eigenvalue weighted by molar-refractivity contribution is 0.0531. The Labute approximate surface area is 157 Å². The van der Waals surface area contributed by atoms with Gasteiger partial charge in [-0.05, 0) is 49.4 Å². The molecule has 2 aliphatic rings. The van der Waals surface area contributed by atoms with Crippen molar-refractivity contribution in [3.8, 4) is 0 Å². The highest BCUT2D eigenvalue weighted by atomic mass is 16.2. The molecule has 1 aliphatic heterocycles. The number of aryl methyl sites for hydroxylation is 2. The Bertz CT molecular complexity index is 915. The zero-order valence-electron chi connectivity index (χ0n) is 15.1.